The van der Waals surface area contributed by atoms with Crippen molar-refractivity contribution in [1.82, 2.24) is 9.88 Å². The van der Waals surface area contributed by atoms with Gasteiger partial charge >= 0.3 is 0 Å². The average molecular weight is 450 g/mol. The summed E-state index contributed by atoms with van der Waals surface area (Å²) in [6.07, 6.45) is 9.16. The summed E-state index contributed by atoms with van der Waals surface area (Å²) in [4.78, 5) is 30.1. The van der Waals surface area contributed by atoms with Crippen LogP contribution in [0, 0.1) is 5.92 Å². The van der Waals surface area contributed by atoms with E-state index in [1.54, 1.807) is 6.20 Å². The molecule has 0 atom stereocenters. The van der Waals surface area contributed by atoms with Gasteiger partial charge in [0.15, 0.2) is 0 Å². The van der Waals surface area contributed by atoms with Gasteiger partial charge in [-0.05, 0) is 55.2 Å². The lowest BCUT2D eigenvalue weighted by Crippen LogP contribution is -2.37. The van der Waals surface area contributed by atoms with E-state index in [-0.39, 0.29) is 5.91 Å². The first-order chi connectivity index (χ1) is 16.0. The number of hydrogen-bond donors (Lipinski definition) is 3. The Labute approximate surface area is 196 Å². The van der Waals surface area contributed by atoms with Gasteiger partial charge in [0.25, 0.3) is 5.91 Å². The van der Waals surface area contributed by atoms with E-state index in [0.29, 0.717) is 29.6 Å². The molecule has 4 N–H and O–H groups in total. The Hall–Kier alpha value is -3.09. The van der Waals surface area contributed by atoms with Gasteiger partial charge in [0, 0.05) is 44.0 Å². The number of pyridine rings is 1. The number of anilines is 3. The van der Waals surface area contributed by atoms with E-state index < -0.39 is 5.91 Å². The smallest absolute Gasteiger partial charge is 0.252 e. The number of piperidine rings is 1. The molecule has 1 aliphatic carbocycles. The van der Waals surface area contributed by atoms with Gasteiger partial charge in [-0.1, -0.05) is 31.9 Å². The molecule has 1 aliphatic heterocycles. The molecule has 7 heteroatoms. The first kappa shape index (κ1) is 23.1. The van der Waals surface area contributed by atoms with Crippen molar-refractivity contribution >= 4 is 29.0 Å². The summed E-state index contributed by atoms with van der Waals surface area (Å²) in [6, 6.07) is 10.3. The number of likely N-dealkylation sites (tertiary alicyclic amines) is 1. The van der Waals surface area contributed by atoms with Crippen LogP contribution in [-0.2, 0) is 4.79 Å². The van der Waals surface area contributed by atoms with Crippen LogP contribution in [0.4, 0.5) is 17.2 Å². The summed E-state index contributed by atoms with van der Waals surface area (Å²) in [5.74, 6) is 1.58. The van der Waals surface area contributed by atoms with Crippen molar-refractivity contribution in [2.24, 2.45) is 11.7 Å². The fourth-order valence-electron chi connectivity index (χ4n) is 5.01. The lowest BCUT2D eigenvalue weighted by molar-refractivity contribution is -0.131. The number of nitrogens with two attached hydrogens (primary N) is 1. The first-order valence-corrected chi connectivity index (χ1v) is 12.2. The summed E-state index contributed by atoms with van der Waals surface area (Å²) in [5.41, 5.74) is 8.96. The van der Waals surface area contributed by atoms with Gasteiger partial charge in [-0.2, -0.15) is 0 Å². The predicted molar refractivity (Wildman–Crippen MR) is 132 cm³/mol. The van der Waals surface area contributed by atoms with Crippen LogP contribution < -0.4 is 16.4 Å². The molecule has 2 fully saturated rings. The molecule has 1 saturated heterocycles. The monoisotopic (exact) mass is 449 g/mol. The van der Waals surface area contributed by atoms with Gasteiger partial charge in [0.2, 0.25) is 5.91 Å². The first-order valence-electron chi connectivity index (χ1n) is 12.2. The fourth-order valence-corrected chi connectivity index (χ4v) is 5.01. The second-order valence-corrected chi connectivity index (χ2v) is 9.27. The van der Waals surface area contributed by atoms with Crippen LogP contribution in [0.25, 0.3) is 0 Å². The molecule has 4 rings (SSSR count). The highest BCUT2D eigenvalue weighted by molar-refractivity contribution is 5.98. The highest BCUT2D eigenvalue weighted by atomic mass is 16.2. The van der Waals surface area contributed by atoms with Crippen LogP contribution in [-0.4, -0.2) is 41.3 Å². The highest BCUT2D eigenvalue weighted by Crippen LogP contribution is 2.30. The SMILES string of the molecule is CCC(=O)N1CCC(c2ccc(Nc3cc(NCC4CCCC4)c(C(N)=O)cn3)cc2)CC1. The van der Waals surface area contributed by atoms with Crippen LogP contribution in [0.3, 0.4) is 0 Å². The predicted octanol–water partition coefficient (Wildman–Crippen LogP) is 4.64. The molecule has 2 aliphatic rings. The molecule has 2 heterocycles. The lowest BCUT2D eigenvalue weighted by atomic mass is 9.89. The van der Waals surface area contributed by atoms with E-state index in [4.69, 9.17) is 5.73 Å². The molecule has 0 spiro atoms. The molecule has 1 saturated carbocycles. The molecule has 1 aromatic carbocycles. The Kier molecular flexibility index (Phi) is 7.47. The van der Waals surface area contributed by atoms with Crippen molar-refractivity contribution in [3.8, 4) is 0 Å². The van der Waals surface area contributed by atoms with Crippen molar-refractivity contribution in [2.75, 3.05) is 30.3 Å². The molecule has 2 aromatic rings. The van der Waals surface area contributed by atoms with E-state index >= 15 is 0 Å². The van der Waals surface area contributed by atoms with Gasteiger partial charge in [0.1, 0.15) is 5.82 Å². The van der Waals surface area contributed by atoms with E-state index in [1.807, 2.05) is 17.9 Å². The fraction of sp³-hybridized carbons (Fsp3) is 0.500. The van der Waals surface area contributed by atoms with Crippen molar-refractivity contribution in [1.29, 1.82) is 0 Å². The summed E-state index contributed by atoms with van der Waals surface area (Å²) < 4.78 is 0. The molecule has 7 nitrogen and oxygen atoms in total. The van der Waals surface area contributed by atoms with Gasteiger partial charge in [-0.15, -0.1) is 0 Å². The third kappa shape index (κ3) is 5.83. The van der Waals surface area contributed by atoms with Gasteiger partial charge in [-0.3, -0.25) is 9.59 Å². The minimum Gasteiger partial charge on any atom is -0.384 e. The maximum absolute atomic E-state index is 11.9. The summed E-state index contributed by atoms with van der Waals surface area (Å²) in [6.45, 7) is 4.44. The quantitative estimate of drug-likeness (QED) is 0.545. The van der Waals surface area contributed by atoms with Crippen LogP contribution in [0.5, 0.6) is 0 Å². The van der Waals surface area contributed by atoms with Crippen LogP contribution in [0.15, 0.2) is 36.5 Å². The maximum atomic E-state index is 11.9. The van der Waals surface area contributed by atoms with Gasteiger partial charge < -0.3 is 21.3 Å². The average Bonchev–Trinajstić information content (AvgIpc) is 3.36. The number of aromatic nitrogens is 1. The summed E-state index contributed by atoms with van der Waals surface area (Å²) >= 11 is 0. The standard InChI is InChI=1S/C26H35N5O2/c1-2-25(32)31-13-11-20(12-14-31)19-7-9-21(10-8-19)30-24-15-23(22(17-29-24)26(27)33)28-16-18-5-3-4-6-18/h7-10,15,17-18,20H,2-6,11-14,16H2,1H3,(H2,27,33)(H2,28,29,30). The Balaban J connectivity index is 1.38. The Morgan fingerprint density at radius 1 is 1.09 bits per heavy atom. The lowest BCUT2D eigenvalue weighted by Gasteiger charge is -2.32. The maximum Gasteiger partial charge on any atom is 0.252 e. The third-order valence-electron chi connectivity index (χ3n) is 7.03. The molecule has 0 radical (unpaired) electrons. The largest absolute Gasteiger partial charge is 0.384 e. The summed E-state index contributed by atoms with van der Waals surface area (Å²) in [5, 5.41) is 6.76. The number of hydrogen-bond acceptors (Lipinski definition) is 5. The van der Waals surface area contributed by atoms with E-state index in [0.717, 1.165) is 43.9 Å². The zero-order valence-corrected chi connectivity index (χ0v) is 19.5. The second-order valence-electron chi connectivity index (χ2n) is 9.27. The molecule has 1 aromatic heterocycles. The molecule has 0 unspecified atom stereocenters. The number of carbonyl (C=O) groups is 2. The number of benzene rings is 1. The van der Waals surface area contributed by atoms with E-state index in [2.05, 4.69) is 39.9 Å². The van der Waals surface area contributed by atoms with Crippen molar-refractivity contribution in [3.05, 3.63) is 47.7 Å². The molecule has 33 heavy (non-hydrogen) atoms. The number of amides is 2. The molecule has 0 bridgehead atoms. The highest BCUT2D eigenvalue weighted by Gasteiger charge is 2.23. The zero-order chi connectivity index (χ0) is 23.2. The summed E-state index contributed by atoms with van der Waals surface area (Å²) in [7, 11) is 0. The number of nitrogens with one attached hydrogen (secondary N) is 2. The van der Waals surface area contributed by atoms with E-state index in [9.17, 15) is 9.59 Å². The third-order valence-corrected chi connectivity index (χ3v) is 7.03. The van der Waals surface area contributed by atoms with Gasteiger partial charge in [-0.25, -0.2) is 4.98 Å². The minimum absolute atomic E-state index is 0.250. The Bertz CT molecular complexity index is 961. The normalized spacial score (nSPS) is 17.2. The molecular weight excluding hydrogens is 414 g/mol. The Morgan fingerprint density at radius 3 is 2.42 bits per heavy atom. The minimum atomic E-state index is -0.473. The van der Waals surface area contributed by atoms with Crippen molar-refractivity contribution in [2.45, 2.75) is 57.8 Å². The van der Waals surface area contributed by atoms with E-state index in [1.165, 1.54) is 31.2 Å². The Morgan fingerprint density at radius 2 is 1.79 bits per heavy atom. The number of carbonyl (C=O) groups excluding carboxylic acids is 2. The second kappa shape index (κ2) is 10.7. The number of nitrogens with zero attached hydrogens (tertiary/aromatic N) is 2. The number of primary amides is 1. The van der Waals surface area contributed by atoms with Crippen LogP contribution >= 0.6 is 0 Å². The van der Waals surface area contributed by atoms with Crippen molar-refractivity contribution < 1.29 is 9.59 Å². The molecular formula is C26H35N5O2. The van der Waals surface area contributed by atoms with Crippen LogP contribution in [0.2, 0.25) is 0 Å². The zero-order valence-electron chi connectivity index (χ0n) is 19.5. The van der Waals surface area contributed by atoms with Crippen molar-refractivity contribution in [3.63, 3.8) is 0 Å². The number of rotatable bonds is 8. The van der Waals surface area contributed by atoms with Gasteiger partial charge in [0.05, 0.1) is 11.3 Å². The molecule has 2 amide bonds. The molecule has 176 valence electrons. The topological polar surface area (TPSA) is 100 Å². The van der Waals surface area contributed by atoms with Crippen LogP contribution in [0.1, 0.15) is 73.7 Å².